The van der Waals surface area contributed by atoms with Crippen molar-refractivity contribution in [1.29, 1.82) is 0 Å². The van der Waals surface area contributed by atoms with Crippen LogP contribution in [-0.4, -0.2) is 23.9 Å². The van der Waals surface area contributed by atoms with E-state index in [1.54, 1.807) is 6.07 Å². The predicted octanol–water partition coefficient (Wildman–Crippen LogP) is 3.86. The van der Waals surface area contributed by atoms with E-state index in [1.165, 1.54) is 0 Å². The van der Waals surface area contributed by atoms with Gasteiger partial charge in [-0.2, -0.15) is 0 Å². The number of nitrogens with zero attached hydrogens (tertiary/aromatic N) is 1. The Labute approximate surface area is 117 Å². The molecule has 0 spiro atoms. The number of thiol groups is 1. The van der Waals surface area contributed by atoms with Gasteiger partial charge in [-0.1, -0.05) is 13.8 Å². The third kappa shape index (κ3) is 4.03. The van der Waals surface area contributed by atoms with Crippen molar-refractivity contribution in [2.24, 2.45) is 5.92 Å². The smallest absolute Gasteiger partial charge is 0.255 e. The number of benzene rings is 1. The molecule has 0 aromatic heterocycles. The standard InChI is InChI=1S/C13H18BrNOS/c1-4-15(8-9(2)3)13(16)11-7-10(17)5-6-12(11)14/h5-7,9,17H,4,8H2,1-3H3. The lowest BCUT2D eigenvalue weighted by Gasteiger charge is -2.23. The van der Waals surface area contributed by atoms with Crippen molar-refractivity contribution in [3.63, 3.8) is 0 Å². The number of hydrogen-bond acceptors (Lipinski definition) is 2. The summed E-state index contributed by atoms with van der Waals surface area (Å²) in [6.45, 7) is 7.72. The lowest BCUT2D eigenvalue weighted by atomic mass is 10.1. The van der Waals surface area contributed by atoms with Gasteiger partial charge in [-0.05, 0) is 47.0 Å². The van der Waals surface area contributed by atoms with Crippen LogP contribution < -0.4 is 0 Å². The van der Waals surface area contributed by atoms with Gasteiger partial charge < -0.3 is 4.90 Å². The molecule has 0 bridgehead atoms. The highest BCUT2D eigenvalue weighted by atomic mass is 79.9. The third-order valence-electron chi connectivity index (χ3n) is 2.43. The first-order valence-corrected chi connectivity index (χ1v) is 6.97. The van der Waals surface area contributed by atoms with Gasteiger partial charge in [0.05, 0.1) is 5.56 Å². The highest BCUT2D eigenvalue weighted by Gasteiger charge is 2.17. The van der Waals surface area contributed by atoms with Crippen molar-refractivity contribution in [3.8, 4) is 0 Å². The Balaban J connectivity index is 2.97. The van der Waals surface area contributed by atoms with E-state index in [-0.39, 0.29) is 5.91 Å². The Bertz CT molecular complexity index is 406. The van der Waals surface area contributed by atoms with Gasteiger partial charge in [0.15, 0.2) is 0 Å². The number of carbonyl (C=O) groups excluding carboxylic acids is 1. The molecule has 0 saturated heterocycles. The lowest BCUT2D eigenvalue weighted by Crippen LogP contribution is -2.34. The van der Waals surface area contributed by atoms with Gasteiger partial charge in [-0.15, -0.1) is 12.6 Å². The molecule has 17 heavy (non-hydrogen) atoms. The Morgan fingerprint density at radius 3 is 2.65 bits per heavy atom. The quantitative estimate of drug-likeness (QED) is 0.837. The van der Waals surface area contributed by atoms with E-state index >= 15 is 0 Å². The highest BCUT2D eigenvalue weighted by molar-refractivity contribution is 9.10. The summed E-state index contributed by atoms with van der Waals surface area (Å²) in [6.07, 6.45) is 0. The molecule has 1 aromatic carbocycles. The lowest BCUT2D eigenvalue weighted by molar-refractivity contribution is 0.0744. The van der Waals surface area contributed by atoms with Gasteiger partial charge in [-0.25, -0.2) is 0 Å². The predicted molar refractivity (Wildman–Crippen MR) is 77.8 cm³/mol. The third-order valence-corrected chi connectivity index (χ3v) is 3.40. The average molecular weight is 316 g/mol. The van der Waals surface area contributed by atoms with Crippen molar-refractivity contribution in [2.75, 3.05) is 13.1 Å². The van der Waals surface area contributed by atoms with Gasteiger partial charge >= 0.3 is 0 Å². The van der Waals surface area contributed by atoms with Gasteiger partial charge in [0, 0.05) is 22.5 Å². The van der Waals surface area contributed by atoms with E-state index in [9.17, 15) is 4.79 Å². The Morgan fingerprint density at radius 2 is 2.12 bits per heavy atom. The van der Waals surface area contributed by atoms with Crippen molar-refractivity contribution in [3.05, 3.63) is 28.2 Å². The number of carbonyl (C=O) groups is 1. The molecule has 0 unspecified atom stereocenters. The Kier molecular flexibility index (Phi) is 5.53. The van der Waals surface area contributed by atoms with Crippen molar-refractivity contribution < 1.29 is 4.79 Å². The van der Waals surface area contributed by atoms with Crippen molar-refractivity contribution >= 4 is 34.5 Å². The maximum absolute atomic E-state index is 12.3. The molecule has 1 rings (SSSR count). The van der Waals surface area contributed by atoms with Crippen LogP contribution in [0.5, 0.6) is 0 Å². The molecule has 1 aromatic rings. The second-order valence-corrected chi connectivity index (χ2v) is 5.77. The van der Waals surface area contributed by atoms with Crippen LogP contribution in [0.15, 0.2) is 27.6 Å². The Morgan fingerprint density at radius 1 is 1.47 bits per heavy atom. The van der Waals surface area contributed by atoms with E-state index < -0.39 is 0 Å². The zero-order valence-corrected chi connectivity index (χ0v) is 12.9. The van der Waals surface area contributed by atoms with Crippen LogP contribution in [0.3, 0.4) is 0 Å². The molecule has 94 valence electrons. The summed E-state index contributed by atoms with van der Waals surface area (Å²) in [6, 6.07) is 5.53. The van der Waals surface area contributed by atoms with Crippen LogP contribution >= 0.6 is 28.6 Å². The zero-order valence-electron chi connectivity index (χ0n) is 10.4. The maximum atomic E-state index is 12.3. The number of hydrogen-bond donors (Lipinski definition) is 1. The number of rotatable bonds is 4. The molecule has 2 nitrogen and oxygen atoms in total. The largest absolute Gasteiger partial charge is 0.339 e. The summed E-state index contributed by atoms with van der Waals surface area (Å²) in [5.41, 5.74) is 0.681. The second-order valence-electron chi connectivity index (χ2n) is 4.40. The minimum absolute atomic E-state index is 0.0592. The fraction of sp³-hybridized carbons (Fsp3) is 0.462. The van der Waals surface area contributed by atoms with Crippen LogP contribution in [0.2, 0.25) is 0 Å². The van der Waals surface area contributed by atoms with Crippen LogP contribution in [0.25, 0.3) is 0 Å². The molecule has 0 radical (unpaired) electrons. The molecule has 0 aliphatic carbocycles. The summed E-state index contributed by atoms with van der Waals surface area (Å²) >= 11 is 7.69. The molecule has 0 heterocycles. The highest BCUT2D eigenvalue weighted by Crippen LogP contribution is 2.22. The second kappa shape index (κ2) is 6.45. The van der Waals surface area contributed by atoms with Gasteiger partial charge in [0.2, 0.25) is 0 Å². The molecular formula is C13H18BrNOS. The first kappa shape index (κ1) is 14.6. The zero-order chi connectivity index (χ0) is 13.0. The molecule has 4 heteroatoms. The van der Waals surface area contributed by atoms with Crippen LogP contribution in [0, 0.1) is 5.92 Å². The molecule has 0 aliphatic heterocycles. The van der Waals surface area contributed by atoms with E-state index in [0.29, 0.717) is 11.5 Å². The number of amides is 1. The van der Waals surface area contributed by atoms with Crippen LogP contribution in [0.1, 0.15) is 31.1 Å². The van der Waals surface area contributed by atoms with Gasteiger partial charge in [0.1, 0.15) is 0 Å². The van der Waals surface area contributed by atoms with Crippen molar-refractivity contribution in [2.45, 2.75) is 25.7 Å². The summed E-state index contributed by atoms with van der Waals surface area (Å²) < 4.78 is 0.822. The summed E-state index contributed by atoms with van der Waals surface area (Å²) in [7, 11) is 0. The van der Waals surface area contributed by atoms with Crippen LogP contribution in [0.4, 0.5) is 0 Å². The molecule has 0 saturated carbocycles. The Hall–Kier alpha value is -0.480. The molecule has 0 aliphatic rings. The minimum Gasteiger partial charge on any atom is -0.339 e. The first-order chi connectivity index (χ1) is 7.95. The van der Waals surface area contributed by atoms with Crippen molar-refractivity contribution in [1.82, 2.24) is 4.90 Å². The summed E-state index contributed by atoms with van der Waals surface area (Å²) in [5.74, 6) is 0.529. The molecule has 0 fully saturated rings. The molecule has 0 atom stereocenters. The van der Waals surface area contributed by atoms with E-state index in [0.717, 1.165) is 22.5 Å². The molecule has 0 N–H and O–H groups in total. The van der Waals surface area contributed by atoms with Gasteiger partial charge in [-0.3, -0.25) is 4.79 Å². The fourth-order valence-corrected chi connectivity index (χ4v) is 2.26. The fourth-order valence-electron chi connectivity index (χ4n) is 1.64. The SMILES string of the molecule is CCN(CC(C)C)C(=O)c1cc(S)ccc1Br. The van der Waals surface area contributed by atoms with E-state index in [1.807, 2.05) is 24.0 Å². The summed E-state index contributed by atoms with van der Waals surface area (Å²) in [4.78, 5) is 15.0. The molecule has 1 amide bonds. The van der Waals surface area contributed by atoms with E-state index in [4.69, 9.17) is 0 Å². The van der Waals surface area contributed by atoms with Gasteiger partial charge in [0.25, 0.3) is 5.91 Å². The average Bonchev–Trinajstić information content (AvgIpc) is 2.28. The van der Waals surface area contributed by atoms with E-state index in [2.05, 4.69) is 42.4 Å². The molecular weight excluding hydrogens is 298 g/mol. The normalized spacial score (nSPS) is 10.7. The monoisotopic (exact) mass is 315 g/mol. The minimum atomic E-state index is 0.0592. The maximum Gasteiger partial charge on any atom is 0.255 e. The first-order valence-electron chi connectivity index (χ1n) is 5.73. The summed E-state index contributed by atoms with van der Waals surface area (Å²) in [5, 5.41) is 0. The van der Waals surface area contributed by atoms with Crippen LogP contribution in [-0.2, 0) is 0 Å². The topological polar surface area (TPSA) is 20.3 Å². The number of halogens is 1.